The quantitative estimate of drug-likeness (QED) is 0.902. The second-order valence-electron chi connectivity index (χ2n) is 5.11. The third-order valence-corrected chi connectivity index (χ3v) is 3.03. The molecule has 0 radical (unpaired) electrons. The molecule has 2 heterocycles. The highest BCUT2D eigenvalue weighted by molar-refractivity contribution is 5.34. The van der Waals surface area contributed by atoms with Crippen molar-refractivity contribution in [2.75, 3.05) is 6.54 Å². The van der Waals surface area contributed by atoms with Crippen LogP contribution in [0.2, 0.25) is 0 Å². The van der Waals surface area contributed by atoms with Crippen LogP contribution in [0.4, 0.5) is 0 Å². The van der Waals surface area contributed by atoms with Crippen LogP contribution in [0.15, 0.2) is 6.20 Å². The van der Waals surface area contributed by atoms with E-state index in [9.17, 15) is 0 Å². The standard InChI is InChI=1S/C14H22N6/c1-6-15-7-12-13(8-16-14(18-12)9(2)3)20-11(5)17-10(4)19-20/h8-9,15H,6-7H2,1-5H3. The normalized spacial score (nSPS) is 11.3. The third-order valence-electron chi connectivity index (χ3n) is 3.03. The zero-order chi connectivity index (χ0) is 14.7. The summed E-state index contributed by atoms with van der Waals surface area (Å²) in [6, 6.07) is 0. The van der Waals surface area contributed by atoms with E-state index in [1.54, 1.807) is 0 Å². The Kier molecular flexibility index (Phi) is 4.44. The molecule has 0 bridgehead atoms. The van der Waals surface area contributed by atoms with Gasteiger partial charge in [-0.3, -0.25) is 0 Å². The molecule has 0 aliphatic heterocycles. The van der Waals surface area contributed by atoms with Gasteiger partial charge in [0, 0.05) is 12.5 Å². The van der Waals surface area contributed by atoms with Crippen molar-refractivity contribution in [1.82, 2.24) is 30.0 Å². The van der Waals surface area contributed by atoms with Gasteiger partial charge in [0.25, 0.3) is 0 Å². The van der Waals surface area contributed by atoms with Crippen molar-refractivity contribution in [3.63, 3.8) is 0 Å². The first-order valence-electron chi connectivity index (χ1n) is 7.00. The van der Waals surface area contributed by atoms with Gasteiger partial charge in [0.15, 0.2) is 0 Å². The van der Waals surface area contributed by atoms with Crippen molar-refractivity contribution in [2.45, 2.75) is 47.1 Å². The number of aryl methyl sites for hydroxylation is 2. The van der Waals surface area contributed by atoms with E-state index < -0.39 is 0 Å². The summed E-state index contributed by atoms with van der Waals surface area (Å²) in [5, 5.41) is 7.74. The third kappa shape index (κ3) is 3.01. The van der Waals surface area contributed by atoms with Gasteiger partial charge in [0.05, 0.1) is 11.9 Å². The van der Waals surface area contributed by atoms with Crippen LogP contribution in [0.5, 0.6) is 0 Å². The number of nitrogens with zero attached hydrogens (tertiary/aromatic N) is 5. The molecule has 0 atom stereocenters. The summed E-state index contributed by atoms with van der Waals surface area (Å²) >= 11 is 0. The molecule has 2 rings (SSSR count). The predicted octanol–water partition coefficient (Wildman–Crippen LogP) is 1.91. The summed E-state index contributed by atoms with van der Waals surface area (Å²) in [7, 11) is 0. The van der Waals surface area contributed by atoms with E-state index in [0.717, 1.165) is 35.4 Å². The number of nitrogens with one attached hydrogen (secondary N) is 1. The number of hydrogen-bond acceptors (Lipinski definition) is 5. The molecule has 0 unspecified atom stereocenters. The highest BCUT2D eigenvalue weighted by atomic mass is 15.4. The van der Waals surface area contributed by atoms with Crippen LogP contribution in [0.3, 0.4) is 0 Å². The molecule has 1 N–H and O–H groups in total. The molecule has 0 aliphatic carbocycles. The molecule has 0 amide bonds. The van der Waals surface area contributed by atoms with Crippen LogP contribution < -0.4 is 5.32 Å². The Bertz CT molecular complexity index is 587. The fraction of sp³-hybridized carbons (Fsp3) is 0.571. The molecule has 6 nitrogen and oxygen atoms in total. The van der Waals surface area contributed by atoms with Crippen molar-refractivity contribution >= 4 is 0 Å². The molecule has 2 aromatic rings. The molecule has 0 fully saturated rings. The van der Waals surface area contributed by atoms with Crippen molar-refractivity contribution in [2.24, 2.45) is 0 Å². The molecule has 0 aliphatic rings. The van der Waals surface area contributed by atoms with Gasteiger partial charge in [-0.05, 0) is 20.4 Å². The Balaban J connectivity index is 2.48. The van der Waals surface area contributed by atoms with Crippen LogP contribution in [0.25, 0.3) is 5.69 Å². The second-order valence-corrected chi connectivity index (χ2v) is 5.11. The summed E-state index contributed by atoms with van der Waals surface area (Å²) in [6.45, 7) is 11.7. The molecule has 0 saturated carbocycles. The van der Waals surface area contributed by atoms with Gasteiger partial charge in [0.1, 0.15) is 23.2 Å². The van der Waals surface area contributed by atoms with E-state index in [2.05, 4.69) is 46.1 Å². The van der Waals surface area contributed by atoms with E-state index in [1.165, 1.54) is 0 Å². The largest absolute Gasteiger partial charge is 0.311 e. The van der Waals surface area contributed by atoms with E-state index in [1.807, 2.05) is 24.7 Å². The van der Waals surface area contributed by atoms with E-state index in [4.69, 9.17) is 0 Å². The Morgan fingerprint density at radius 3 is 2.55 bits per heavy atom. The van der Waals surface area contributed by atoms with Crippen LogP contribution in [-0.4, -0.2) is 31.3 Å². The summed E-state index contributed by atoms with van der Waals surface area (Å²) in [5.74, 6) is 2.77. The fourth-order valence-electron chi connectivity index (χ4n) is 2.00. The topological polar surface area (TPSA) is 68.5 Å². The summed E-state index contributed by atoms with van der Waals surface area (Å²) in [6.07, 6.45) is 1.84. The molecule has 0 aromatic carbocycles. The van der Waals surface area contributed by atoms with Gasteiger partial charge in [-0.2, -0.15) is 5.10 Å². The minimum absolute atomic E-state index is 0.308. The molecule has 20 heavy (non-hydrogen) atoms. The molecule has 108 valence electrons. The highest BCUT2D eigenvalue weighted by Crippen LogP contribution is 2.16. The predicted molar refractivity (Wildman–Crippen MR) is 77.9 cm³/mol. The van der Waals surface area contributed by atoms with E-state index in [0.29, 0.717) is 12.5 Å². The summed E-state index contributed by atoms with van der Waals surface area (Å²) in [5.41, 5.74) is 1.85. The molecule has 2 aromatic heterocycles. The SMILES string of the molecule is CCNCc1nc(C(C)C)ncc1-n1nc(C)nc1C. The second kappa shape index (κ2) is 6.09. The van der Waals surface area contributed by atoms with Crippen molar-refractivity contribution in [3.8, 4) is 5.69 Å². The van der Waals surface area contributed by atoms with Crippen LogP contribution in [0.1, 0.15) is 49.9 Å². The zero-order valence-electron chi connectivity index (χ0n) is 12.8. The molecule has 0 saturated heterocycles. The van der Waals surface area contributed by atoms with Gasteiger partial charge < -0.3 is 5.32 Å². The van der Waals surface area contributed by atoms with Gasteiger partial charge in [-0.25, -0.2) is 19.6 Å². The first kappa shape index (κ1) is 14.6. The van der Waals surface area contributed by atoms with Gasteiger partial charge in [-0.1, -0.05) is 20.8 Å². The molecule has 0 spiro atoms. The van der Waals surface area contributed by atoms with Gasteiger partial charge >= 0.3 is 0 Å². The number of rotatable bonds is 5. The smallest absolute Gasteiger partial charge is 0.148 e. The van der Waals surface area contributed by atoms with Crippen molar-refractivity contribution < 1.29 is 0 Å². The summed E-state index contributed by atoms with van der Waals surface area (Å²) < 4.78 is 1.81. The maximum absolute atomic E-state index is 4.67. The van der Waals surface area contributed by atoms with Crippen molar-refractivity contribution in [1.29, 1.82) is 0 Å². The first-order chi connectivity index (χ1) is 9.52. The van der Waals surface area contributed by atoms with Gasteiger partial charge in [0.2, 0.25) is 0 Å². The summed E-state index contributed by atoms with van der Waals surface area (Å²) in [4.78, 5) is 13.5. The Hall–Kier alpha value is -1.82. The zero-order valence-corrected chi connectivity index (χ0v) is 12.8. The number of hydrogen-bond donors (Lipinski definition) is 1. The first-order valence-corrected chi connectivity index (χ1v) is 7.00. The van der Waals surface area contributed by atoms with Crippen molar-refractivity contribution in [3.05, 3.63) is 29.4 Å². The molecule has 6 heteroatoms. The minimum atomic E-state index is 0.308. The average Bonchev–Trinajstić information content (AvgIpc) is 2.74. The van der Waals surface area contributed by atoms with Gasteiger partial charge in [-0.15, -0.1) is 0 Å². The average molecular weight is 274 g/mol. The molecular weight excluding hydrogens is 252 g/mol. The monoisotopic (exact) mass is 274 g/mol. The molecular formula is C14H22N6. The lowest BCUT2D eigenvalue weighted by Crippen LogP contribution is -2.18. The minimum Gasteiger partial charge on any atom is -0.311 e. The van der Waals surface area contributed by atoms with Crippen LogP contribution in [0, 0.1) is 13.8 Å². The van der Waals surface area contributed by atoms with Crippen LogP contribution >= 0.6 is 0 Å². The van der Waals surface area contributed by atoms with Crippen LogP contribution in [-0.2, 0) is 6.54 Å². The lowest BCUT2D eigenvalue weighted by atomic mass is 10.2. The maximum Gasteiger partial charge on any atom is 0.148 e. The fourth-order valence-corrected chi connectivity index (χ4v) is 2.00. The van der Waals surface area contributed by atoms with E-state index >= 15 is 0 Å². The van der Waals surface area contributed by atoms with E-state index in [-0.39, 0.29) is 0 Å². The lowest BCUT2D eigenvalue weighted by Gasteiger charge is -2.12. The lowest BCUT2D eigenvalue weighted by molar-refractivity contribution is 0.670. The maximum atomic E-state index is 4.67. The Morgan fingerprint density at radius 2 is 2.00 bits per heavy atom. The Labute approximate surface area is 119 Å². The highest BCUT2D eigenvalue weighted by Gasteiger charge is 2.14. The Morgan fingerprint density at radius 1 is 1.25 bits per heavy atom. The number of aromatic nitrogens is 5.